The summed E-state index contributed by atoms with van der Waals surface area (Å²) in [5.74, 6) is 0. The van der Waals surface area contributed by atoms with E-state index in [1.54, 1.807) is 11.1 Å². The molecule has 0 unspecified atom stereocenters. The lowest BCUT2D eigenvalue weighted by atomic mass is 9.87. The van der Waals surface area contributed by atoms with E-state index in [1.165, 1.54) is 0 Å². The van der Waals surface area contributed by atoms with Gasteiger partial charge in [0.15, 0.2) is 0 Å². The Bertz CT molecular complexity index is 1520. The standard InChI is InChI=1S/C32H40ClN5O5/c1-19-15-37(16-20(2)42-19)30(39)36-7-6-21-10-22(23-12-25-27(33)14-35-29(25)34-13-23)11-24(26(21)17-36)28-18-41-9-8-38(28)31(40)43-32(3,4)5/h10-14,19-20,28H,6-9,15-18H2,1-5H3,(H,34,35)/t19-,20-,28+/m1/s1. The largest absolute Gasteiger partial charge is 0.444 e. The Morgan fingerprint density at radius 3 is 2.58 bits per heavy atom. The molecule has 0 spiro atoms. The van der Waals surface area contributed by atoms with E-state index < -0.39 is 5.60 Å². The SMILES string of the molecule is C[C@@H]1CN(C(=O)N2CCc3cc(-c4cnc5[nH]cc(Cl)c5c4)cc([C@@H]4COCCN4C(=O)OC(C)(C)C)c3C2)C[C@@H](C)O1. The maximum atomic E-state index is 13.8. The molecule has 5 heterocycles. The van der Waals surface area contributed by atoms with E-state index >= 15 is 0 Å². The van der Waals surface area contributed by atoms with Crippen LogP contribution in [0.25, 0.3) is 22.2 Å². The summed E-state index contributed by atoms with van der Waals surface area (Å²) in [4.78, 5) is 40.5. The number of halogens is 1. The molecule has 0 radical (unpaired) electrons. The van der Waals surface area contributed by atoms with E-state index in [1.807, 2.05) is 56.7 Å². The first-order valence-corrected chi connectivity index (χ1v) is 15.4. The zero-order chi connectivity index (χ0) is 30.5. The highest BCUT2D eigenvalue weighted by atomic mass is 35.5. The molecule has 1 N–H and O–H groups in total. The van der Waals surface area contributed by atoms with Crippen LogP contribution in [0.15, 0.2) is 30.6 Å². The van der Waals surface area contributed by atoms with Gasteiger partial charge < -0.3 is 29.0 Å². The number of carbonyl (C=O) groups is 2. The Labute approximate surface area is 257 Å². The fraction of sp³-hybridized carbons (Fsp3) is 0.531. The molecule has 3 aromatic rings. The fourth-order valence-corrected chi connectivity index (χ4v) is 6.59. The summed E-state index contributed by atoms with van der Waals surface area (Å²) in [5, 5.41) is 1.46. The Balaban J connectivity index is 1.40. The third-order valence-corrected chi connectivity index (χ3v) is 8.58. The maximum Gasteiger partial charge on any atom is 0.410 e. The summed E-state index contributed by atoms with van der Waals surface area (Å²) < 4.78 is 17.6. The second-order valence-electron chi connectivity index (χ2n) is 12.8. The molecule has 6 rings (SSSR count). The Hall–Kier alpha value is -3.34. The highest BCUT2D eigenvalue weighted by Crippen LogP contribution is 2.38. The van der Waals surface area contributed by atoms with Crippen molar-refractivity contribution < 1.29 is 23.8 Å². The number of carbonyl (C=O) groups excluding carboxylic acids is 2. The van der Waals surface area contributed by atoms with Crippen molar-refractivity contribution in [2.75, 3.05) is 39.4 Å². The van der Waals surface area contributed by atoms with Crippen LogP contribution >= 0.6 is 11.6 Å². The van der Waals surface area contributed by atoms with Gasteiger partial charge in [-0.05, 0) is 75.4 Å². The third-order valence-electron chi connectivity index (χ3n) is 8.27. The number of hydrogen-bond donors (Lipinski definition) is 1. The number of fused-ring (bicyclic) bond motifs is 2. The van der Waals surface area contributed by atoms with Gasteiger partial charge in [-0.3, -0.25) is 4.90 Å². The summed E-state index contributed by atoms with van der Waals surface area (Å²) in [7, 11) is 0. The lowest BCUT2D eigenvalue weighted by Gasteiger charge is -2.41. The fourth-order valence-electron chi connectivity index (χ4n) is 6.39. The van der Waals surface area contributed by atoms with Gasteiger partial charge in [-0.25, -0.2) is 14.6 Å². The van der Waals surface area contributed by atoms with Crippen LogP contribution in [-0.2, 0) is 27.2 Å². The first kappa shape index (κ1) is 29.7. The lowest BCUT2D eigenvalue weighted by Crippen LogP contribution is -2.53. The number of nitrogens with one attached hydrogen (secondary N) is 1. The average Bonchev–Trinajstić information content (AvgIpc) is 3.34. The van der Waals surface area contributed by atoms with Crippen molar-refractivity contribution in [2.24, 2.45) is 0 Å². The summed E-state index contributed by atoms with van der Waals surface area (Å²) in [6, 6.07) is 5.98. The molecule has 2 aromatic heterocycles. The van der Waals surface area contributed by atoms with E-state index in [0.29, 0.717) is 57.4 Å². The molecular weight excluding hydrogens is 570 g/mol. The molecule has 3 aliphatic rings. The van der Waals surface area contributed by atoms with Gasteiger partial charge >= 0.3 is 12.1 Å². The van der Waals surface area contributed by atoms with Crippen LogP contribution in [0.4, 0.5) is 9.59 Å². The van der Waals surface area contributed by atoms with E-state index in [0.717, 1.165) is 38.9 Å². The number of aromatic nitrogens is 2. The predicted octanol–water partition coefficient (Wildman–Crippen LogP) is 5.78. The highest BCUT2D eigenvalue weighted by molar-refractivity contribution is 6.35. The monoisotopic (exact) mass is 609 g/mol. The van der Waals surface area contributed by atoms with E-state index in [-0.39, 0.29) is 30.4 Å². The number of rotatable bonds is 2. The van der Waals surface area contributed by atoms with E-state index in [9.17, 15) is 9.59 Å². The van der Waals surface area contributed by atoms with Gasteiger partial charge in [-0.15, -0.1) is 0 Å². The minimum Gasteiger partial charge on any atom is -0.444 e. The second kappa shape index (κ2) is 11.6. The molecule has 43 heavy (non-hydrogen) atoms. The minimum atomic E-state index is -0.631. The zero-order valence-electron chi connectivity index (χ0n) is 25.5. The van der Waals surface area contributed by atoms with Crippen molar-refractivity contribution in [2.45, 2.75) is 71.4 Å². The number of hydrogen-bond acceptors (Lipinski definition) is 6. The molecular formula is C32H40ClN5O5. The van der Waals surface area contributed by atoms with Crippen molar-refractivity contribution in [3.05, 3.63) is 52.3 Å². The van der Waals surface area contributed by atoms with Crippen molar-refractivity contribution in [3.63, 3.8) is 0 Å². The quantitative estimate of drug-likeness (QED) is 0.395. The Morgan fingerprint density at radius 2 is 1.84 bits per heavy atom. The molecule has 3 aliphatic heterocycles. The lowest BCUT2D eigenvalue weighted by molar-refractivity contribution is -0.0586. The van der Waals surface area contributed by atoms with Gasteiger partial charge in [0.25, 0.3) is 0 Å². The van der Waals surface area contributed by atoms with Gasteiger partial charge in [-0.1, -0.05) is 17.7 Å². The molecule has 0 saturated carbocycles. The molecule has 3 atom stereocenters. The Kier molecular flexibility index (Phi) is 8.04. The van der Waals surface area contributed by atoms with Crippen molar-refractivity contribution in [3.8, 4) is 11.1 Å². The van der Waals surface area contributed by atoms with E-state index in [4.69, 9.17) is 25.8 Å². The van der Waals surface area contributed by atoms with Gasteiger partial charge in [0, 0.05) is 56.1 Å². The molecule has 0 aliphatic carbocycles. The predicted molar refractivity (Wildman–Crippen MR) is 164 cm³/mol. The molecule has 2 fully saturated rings. The number of nitrogens with zero attached hydrogens (tertiary/aromatic N) is 4. The summed E-state index contributed by atoms with van der Waals surface area (Å²) in [6.45, 7) is 13.0. The van der Waals surface area contributed by atoms with Gasteiger partial charge in [-0.2, -0.15) is 0 Å². The third kappa shape index (κ3) is 6.18. The van der Waals surface area contributed by atoms with Crippen LogP contribution in [0.1, 0.15) is 57.4 Å². The molecule has 2 saturated heterocycles. The maximum absolute atomic E-state index is 13.8. The number of urea groups is 1. The number of ether oxygens (including phenoxy) is 3. The molecule has 1 aromatic carbocycles. The second-order valence-corrected chi connectivity index (χ2v) is 13.2. The summed E-state index contributed by atoms with van der Waals surface area (Å²) in [6.07, 6.45) is 3.87. The molecule has 11 heteroatoms. The van der Waals surface area contributed by atoms with Gasteiger partial charge in [0.1, 0.15) is 11.2 Å². The molecule has 0 bridgehead atoms. The minimum absolute atomic E-state index is 0.0100. The first-order chi connectivity index (χ1) is 20.5. The zero-order valence-corrected chi connectivity index (χ0v) is 26.2. The Morgan fingerprint density at radius 1 is 1.07 bits per heavy atom. The van der Waals surface area contributed by atoms with Crippen LogP contribution < -0.4 is 0 Å². The number of pyridine rings is 1. The van der Waals surface area contributed by atoms with Crippen LogP contribution in [0.5, 0.6) is 0 Å². The summed E-state index contributed by atoms with van der Waals surface area (Å²) in [5.41, 5.74) is 5.15. The number of H-pyrrole nitrogens is 1. The molecule has 10 nitrogen and oxygen atoms in total. The van der Waals surface area contributed by atoms with E-state index in [2.05, 4.69) is 22.1 Å². The average molecular weight is 610 g/mol. The van der Waals surface area contributed by atoms with Crippen molar-refractivity contribution in [1.29, 1.82) is 0 Å². The summed E-state index contributed by atoms with van der Waals surface area (Å²) >= 11 is 6.44. The topological polar surface area (TPSA) is 100 Å². The van der Waals surface area contributed by atoms with Gasteiger partial charge in [0.05, 0.1) is 36.5 Å². The number of amides is 3. The van der Waals surface area contributed by atoms with Crippen LogP contribution in [0.3, 0.4) is 0 Å². The molecule has 230 valence electrons. The number of morpholine rings is 2. The number of benzene rings is 1. The van der Waals surface area contributed by atoms with Gasteiger partial charge in [0.2, 0.25) is 0 Å². The normalized spacial score (nSPS) is 22.9. The van der Waals surface area contributed by atoms with Crippen LogP contribution in [0, 0.1) is 0 Å². The van der Waals surface area contributed by atoms with Crippen molar-refractivity contribution >= 4 is 34.8 Å². The first-order valence-electron chi connectivity index (χ1n) is 15.0. The smallest absolute Gasteiger partial charge is 0.410 e. The molecule has 3 amide bonds. The highest BCUT2D eigenvalue weighted by Gasteiger charge is 2.37. The van der Waals surface area contributed by atoms with Crippen LogP contribution in [0.2, 0.25) is 5.02 Å². The number of aromatic amines is 1. The van der Waals surface area contributed by atoms with Crippen molar-refractivity contribution in [1.82, 2.24) is 24.7 Å². The van der Waals surface area contributed by atoms with Crippen LogP contribution in [-0.4, -0.2) is 94.0 Å².